The Kier molecular flexibility index (Phi) is 5.30. The number of halogens is 1. The van der Waals surface area contributed by atoms with Gasteiger partial charge in [-0.15, -0.1) is 0 Å². The highest BCUT2D eigenvalue weighted by Crippen LogP contribution is 2.25. The molecule has 16 heavy (non-hydrogen) atoms. The van der Waals surface area contributed by atoms with E-state index in [9.17, 15) is 0 Å². The van der Waals surface area contributed by atoms with Gasteiger partial charge in [-0.1, -0.05) is 37.6 Å². The predicted octanol–water partition coefficient (Wildman–Crippen LogP) is 4.14. The zero-order valence-electron chi connectivity index (χ0n) is 10.7. The first-order valence-electron chi connectivity index (χ1n) is 6.04. The summed E-state index contributed by atoms with van der Waals surface area (Å²) >= 11 is 6.14. The molecule has 1 nitrogen and oxygen atoms in total. The third kappa shape index (κ3) is 3.80. The van der Waals surface area contributed by atoms with Crippen LogP contribution < -0.4 is 5.32 Å². The van der Waals surface area contributed by atoms with Crippen molar-refractivity contribution in [1.29, 1.82) is 0 Å². The number of aryl methyl sites for hydroxylation is 1. The molecule has 0 amide bonds. The normalized spacial score (nSPS) is 14.8. The van der Waals surface area contributed by atoms with Gasteiger partial charge in [0.2, 0.25) is 0 Å². The number of rotatable bonds is 5. The number of hydrogen-bond acceptors (Lipinski definition) is 1. The topological polar surface area (TPSA) is 12.0 Å². The Morgan fingerprint density at radius 3 is 2.56 bits per heavy atom. The van der Waals surface area contributed by atoms with E-state index < -0.39 is 0 Å². The molecule has 2 atom stereocenters. The molecule has 0 aliphatic rings. The van der Waals surface area contributed by atoms with Gasteiger partial charge in [-0.2, -0.15) is 0 Å². The van der Waals surface area contributed by atoms with E-state index in [1.165, 1.54) is 5.56 Å². The predicted molar refractivity (Wildman–Crippen MR) is 72.4 cm³/mol. The maximum absolute atomic E-state index is 6.14. The van der Waals surface area contributed by atoms with Gasteiger partial charge in [-0.25, -0.2) is 0 Å². The number of benzene rings is 1. The summed E-state index contributed by atoms with van der Waals surface area (Å²) in [7, 11) is 0. The fourth-order valence-corrected chi connectivity index (χ4v) is 2.20. The molecule has 0 aliphatic carbocycles. The Morgan fingerprint density at radius 2 is 2.00 bits per heavy atom. The fourth-order valence-electron chi connectivity index (χ4n) is 2.01. The number of nitrogens with one attached hydrogen (secondary N) is 1. The van der Waals surface area contributed by atoms with Crippen LogP contribution in [0.4, 0.5) is 0 Å². The van der Waals surface area contributed by atoms with Gasteiger partial charge in [0.25, 0.3) is 0 Å². The fraction of sp³-hybridized carbons (Fsp3) is 0.571. The maximum Gasteiger partial charge on any atom is 0.0438 e. The van der Waals surface area contributed by atoms with Crippen LogP contribution in [-0.4, -0.2) is 12.6 Å². The van der Waals surface area contributed by atoms with Gasteiger partial charge < -0.3 is 5.32 Å². The van der Waals surface area contributed by atoms with E-state index in [1.54, 1.807) is 0 Å². The van der Waals surface area contributed by atoms with Crippen molar-refractivity contribution in [2.24, 2.45) is 0 Å². The monoisotopic (exact) mass is 239 g/mol. The Morgan fingerprint density at radius 1 is 1.31 bits per heavy atom. The van der Waals surface area contributed by atoms with E-state index in [2.05, 4.69) is 44.3 Å². The second kappa shape index (κ2) is 6.27. The van der Waals surface area contributed by atoms with Crippen LogP contribution in [0.5, 0.6) is 0 Å². The van der Waals surface area contributed by atoms with Crippen LogP contribution >= 0.6 is 11.6 Å². The average molecular weight is 240 g/mol. The van der Waals surface area contributed by atoms with Crippen LogP contribution in [0.15, 0.2) is 18.2 Å². The summed E-state index contributed by atoms with van der Waals surface area (Å²) in [5.74, 6) is 0.548. The van der Waals surface area contributed by atoms with Gasteiger partial charge in [0, 0.05) is 11.1 Å². The highest BCUT2D eigenvalue weighted by atomic mass is 35.5. The molecule has 0 saturated heterocycles. The van der Waals surface area contributed by atoms with E-state index in [0.29, 0.717) is 12.0 Å². The van der Waals surface area contributed by atoms with Crippen molar-refractivity contribution in [2.45, 2.75) is 46.1 Å². The van der Waals surface area contributed by atoms with Gasteiger partial charge in [0.1, 0.15) is 0 Å². The molecule has 0 saturated carbocycles. The Labute approximate surface area is 104 Å². The lowest BCUT2D eigenvalue weighted by Crippen LogP contribution is -2.26. The quantitative estimate of drug-likeness (QED) is 0.815. The van der Waals surface area contributed by atoms with Gasteiger partial charge in [0.15, 0.2) is 0 Å². The molecule has 1 aromatic rings. The van der Waals surface area contributed by atoms with Gasteiger partial charge in [-0.05, 0) is 49.9 Å². The van der Waals surface area contributed by atoms with E-state index in [1.807, 2.05) is 6.92 Å². The zero-order chi connectivity index (χ0) is 12.1. The minimum absolute atomic E-state index is 0.548. The van der Waals surface area contributed by atoms with E-state index in [4.69, 9.17) is 11.6 Å². The summed E-state index contributed by atoms with van der Waals surface area (Å²) in [6.07, 6.45) is 1.15. The van der Waals surface area contributed by atoms with E-state index >= 15 is 0 Å². The standard InChI is InChI=1S/C14H22ClN/c1-5-16-12(4)8-11(3)13-7-6-10(2)14(15)9-13/h6-7,9,11-12,16H,5,8H2,1-4H3. The molecule has 2 unspecified atom stereocenters. The molecule has 0 spiro atoms. The molecule has 0 heterocycles. The second-order valence-electron chi connectivity index (χ2n) is 4.60. The van der Waals surface area contributed by atoms with E-state index in [0.717, 1.165) is 23.6 Å². The molecule has 2 heteroatoms. The van der Waals surface area contributed by atoms with Crippen molar-refractivity contribution >= 4 is 11.6 Å². The maximum atomic E-state index is 6.14. The average Bonchev–Trinajstić information content (AvgIpc) is 2.22. The molecule has 0 radical (unpaired) electrons. The van der Waals surface area contributed by atoms with Crippen molar-refractivity contribution in [3.8, 4) is 0 Å². The van der Waals surface area contributed by atoms with Crippen LogP contribution in [-0.2, 0) is 0 Å². The summed E-state index contributed by atoms with van der Waals surface area (Å²) in [5, 5.41) is 4.31. The first-order valence-corrected chi connectivity index (χ1v) is 6.41. The molecule has 1 rings (SSSR count). The molecular formula is C14H22ClN. The Bertz CT molecular complexity index is 336. The van der Waals surface area contributed by atoms with Crippen molar-refractivity contribution in [2.75, 3.05) is 6.54 Å². The van der Waals surface area contributed by atoms with Gasteiger partial charge >= 0.3 is 0 Å². The minimum atomic E-state index is 0.548. The van der Waals surface area contributed by atoms with Gasteiger partial charge in [0.05, 0.1) is 0 Å². The van der Waals surface area contributed by atoms with Crippen LogP contribution in [0.3, 0.4) is 0 Å². The molecule has 0 fully saturated rings. The molecule has 0 aliphatic heterocycles. The summed E-state index contributed by atoms with van der Waals surface area (Å²) in [5.41, 5.74) is 2.48. The summed E-state index contributed by atoms with van der Waals surface area (Å²) in [4.78, 5) is 0. The van der Waals surface area contributed by atoms with Crippen LogP contribution in [0.25, 0.3) is 0 Å². The molecular weight excluding hydrogens is 218 g/mol. The largest absolute Gasteiger partial charge is 0.315 e. The molecule has 1 aromatic carbocycles. The summed E-state index contributed by atoms with van der Waals surface area (Å²) < 4.78 is 0. The SMILES string of the molecule is CCNC(C)CC(C)c1ccc(C)c(Cl)c1. The zero-order valence-corrected chi connectivity index (χ0v) is 11.4. The lowest BCUT2D eigenvalue weighted by molar-refractivity contribution is 0.491. The summed E-state index contributed by atoms with van der Waals surface area (Å²) in [6, 6.07) is 6.94. The minimum Gasteiger partial charge on any atom is -0.315 e. The van der Waals surface area contributed by atoms with Crippen molar-refractivity contribution in [3.63, 3.8) is 0 Å². The van der Waals surface area contributed by atoms with E-state index in [-0.39, 0.29) is 0 Å². The molecule has 0 aromatic heterocycles. The first kappa shape index (κ1) is 13.5. The van der Waals surface area contributed by atoms with Crippen molar-refractivity contribution in [1.82, 2.24) is 5.32 Å². The van der Waals surface area contributed by atoms with Crippen molar-refractivity contribution in [3.05, 3.63) is 34.3 Å². The van der Waals surface area contributed by atoms with Crippen LogP contribution in [0.2, 0.25) is 5.02 Å². The lowest BCUT2D eigenvalue weighted by Gasteiger charge is -2.18. The summed E-state index contributed by atoms with van der Waals surface area (Å²) in [6.45, 7) is 9.70. The van der Waals surface area contributed by atoms with Crippen LogP contribution in [0, 0.1) is 6.92 Å². The smallest absolute Gasteiger partial charge is 0.0438 e. The molecule has 90 valence electrons. The Balaban J connectivity index is 2.65. The molecule has 1 N–H and O–H groups in total. The van der Waals surface area contributed by atoms with Crippen molar-refractivity contribution < 1.29 is 0 Å². The highest BCUT2D eigenvalue weighted by Gasteiger charge is 2.10. The molecule has 0 bridgehead atoms. The van der Waals surface area contributed by atoms with Crippen LogP contribution in [0.1, 0.15) is 44.2 Å². The van der Waals surface area contributed by atoms with Gasteiger partial charge in [-0.3, -0.25) is 0 Å². The lowest BCUT2D eigenvalue weighted by atomic mass is 9.94. The second-order valence-corrected chi connectivity index (χ2v) is 5.01. The third-order valence-corrected chi connectivity index (χ3v) is 3.43. The number of hydrogen-bond donors (Lipinski definition) is 1. The first-order chi connectivity index (χ1) is 7.54. The third-order valence-electron chi connectivity index (χ3n) is 3.02. The highest BCUT2D eigenvalue weighted by molar-refractivity contribution is 6.31. The Hall–Kier alpha value is -0.530.